The topological polar surface area (TPSA) is 17.1 Å². The first-order chi connectivity index (χ1) is 14.7. The summed E-state index contributed by atoms with van der Waals surface area (Å²) in [5.74, 6) is 1.32. The van der Waals surface area contributed by atoms with Gasteiger partial charge >= 0.3 is 0 Å². The number of hydrogen-bond acceptors (Lipinski definition) is 1. The second-order valence-electron chi connectivity index (χ2n) is 9.90. The molecule has 0 spiro atoms. The fourth-order valence-corrected chi connectivity index (χ4v) is 4.94. The first kappa shape index (κ1) is 29.7. The average Bonchev–Trinajstić information content (AvgIpc) is 2.75. The maximum absolute atomic E-state index is 13.3. The van der Waals surface area contributed by atoms with Gasteiger partial charge < -0.3 is 0 Å². The van der Waals surface area contributed by atoms with Gasteiger partial charge in [0, 0.05) is 11.8 Å². The molecule has 1 nitrogen and oxygen atoms in total. The van der Waals surface area contributed by atoms with Gasteiger partial charge in [-0.15, -0.1) is 0 Å². The van der Waals surface area contributed by atoms with Crippen molar-refractivity contribution >= 4 is 5.78 Å². The molecule has 2 unspecified atom stereocenters. The summed E-state index contributed by atoms with van der Waals surface area (Å²) in [5, 5.41) is 0. The summed E-state index contributed by atoms with van der Waals surface area (Å²) in [4.78, 5) is 13.3. The molecular formula is C29H58O. The minimum absolute atomic E-state index is 0.348. The lowest BCUT2D eigenvalue weighted by atomic mass is 9.81. The van der Waals surface area contributed by atoms with Crippen molar-refractivity contribution in [3.8, 4) is 0 Å². The second-order valence-corrected chi connectivity index (χ2v) is 9.90. The van der Waals surface area contributed by atoms with Crippen LogP contribution in [0, 0.1) is 11.8 Å². The predicted molar refractivity (Wildman–Crippen MR) is 136 cm³/mol. The van der Waals surface area contributed by atoms with Crippen LogP contribution >= 0.6 is 0 Å². The van der Waals surface area contributed by atoms with Crippen LogP contribution in [-0.4, -0.2) is 5.78 Å². The van der Waals surface area contributed by atoms with E-state index < -0.39 is 0 Å². The number of carbonyl (C=O) groups is 1. The van der Waals surface area contributed by atoms with Crippen LogP contribution in [0.3, 0.4) is 0 Å². The smallest absolute Gasteiger partial charge is 0.139 e. The van der Waals surface area contributed by atoms with Crippen LogP contribution in [0.2, 0.25) is 0 Å². The lowest BCUT2D eigenvalue weighted by molar-refractivity contribution is -0.127. The summed E-state index contributed by atoms with van der Waals surface area (Å²) >= 11 is 0. The number of Topliss-reactive ketones (excluding diaryl/α,β-unsaturated/α-hetero) is 1. The molecule has 2 atom stereocenters. The highest BCUT2D eigenvalue weighted by atomic mass is 16.1. The van der Waals surface area contributed by atoms with Crippen LogP contribution in [-0.2, 0) is 4.79 Å². The molecule has 0 heterocycles. The lowest BCUT2D eigenvalue weighted by Crippen LogP contribution is -2.24. The lowest BCUT2D eigenvalue weighted by Gasteiger charge is -2.22. The first-order valence-corrected chi connectivity index (χ1v) is 14.2. The quantitative estimate of drug-likeness (QED) is 0.141. The Balaban J connectivity index is 4.15. The number of carbonyl (C=O) groups excluding carboxylic acids is 1. The van der Waals surface area contributed by atoms with Crippen molar-refractivity contribution in [2.24, 2.45) is 11.8 Å². The zero-order chi connectivity index (χ0) is 22.3. The number of rotatable bonds is 24. The standard InChI is InChI=1S/C29H58O/c1-5-9-11-13-15-17-19-21-25-27(23-7-3)29(30)28(24-8-4)26-22-20-18-16-14-12-10-6-2/h27-28H,5-26H2,1-4H3. The summed E-state index contributed by atoms with van der Waals surface area (Å²) in [7, 11) is 0. The molecule has 0 aliphatic rings. The Labute approximate surface area is 191 Å². The molecule has 0 aliphatic carbocycles. The average molecular weight is 423 g/mol. The molecule has 30 heavy (non-hydrogen) atoms. The molecule has 0 aromatic rings. The van der Waals surface area contributed by atoms with Crippen molar-refractivity contribution in [1.82, 2.24) is 0 Å². The van der Waals surface area contributed by atoms with E-state index in [-0.39, 0.29) is 0 Å². The third kappa shape index (κ3) is 17.4. The summed E-state index contributed by atoms with van der Waals surface area (Å²) < 4.78 is 0. The van der Waals surface area contributed by atoms with Crippen molar-refractivity contribution in [2.75, 3.05) is 0 Å². The molecule has 0 aliphatic heterocycles. The van der Waals surface area contributed by atoms with E-state index in [0.29, 0.717) is 17.6 Å². The molecule has 0 aromatic heterocycles. The van der Waals surface area contributed by atoms with Crippen LogP contribution in [0.1, 0.15) is 169 Å². The Morgan fingerprint density at radius 1 is 0.400 bits per heavy atom. The molecule has 0 aromatic carbocycles. The van der Waals surface area contributed by atoms with Crippen LogP contribution in [0.5, 0.6) is 0 Å². The van der Waals surface area contributed by atoms with Gasteiger partial charge in [-0.3, -0.25) is 4.79 Å². The van der Waals surface area contributed by atoms with Crippen LogP contribution in [0.4, 0.5) is 0 Å². The summed E-state index contributed by atoms with van der Waals surface area (Å²) in [5.41, 5.74) is 0. The van der Waals surface area contributed by atoms with Crippen molar-refractivity contribution < 1.29 is 4.79 Å². The largest absolute Gasteiger partial charge is 0.299 e. The normalized spacial score (nSPS) is 13.5. The number of hydrogen-bond donors (Lipinski definition) is 0. The Morgan fingerprint density at radius 2 is 0.700 bits per heavy atom. The second kappa shape index (κ2) is 23.3. The van der Waals surface area contributed by atoms with Gasteiger partial charge in [-0.05, 0) is 25.7 Å². The molecule has 1 heteroatoms. The molecule has 0 amide bonds. The highest BCUT2D eigenvalue weighted by Gasteiger charge is 2.25. The molecule has 180 valence electrons. The van der Waals surface area contributed by atoms with Crippen LogP contribution < -0.4 is 0 Å². The fraction of sp³-hybridized carbons (Fsp3) is 0.966. The maximum Gasteiger partial charge on any atom is 0.139 e. The SMILES string of the molecule is CCCCCCCCCCC(CCC)C(=O)C(CCC)CCCCCCCCCC. The molecular weight excluding hydrogens is 364 g/mol. The molecule has 0 N–H and O–H groups in total. The third-order valence-electron chi connectivity index (χ3n) is 6.89. The van der Waals surface area contributed by atoms with E-state index in [0.717, 1.165) is 38.5 Å². The molecule has 0 rings (SSSR count). The molecule has 0 bridgehead atoms. The summed E-state index contributed by atoms with van der Waals surface area (Å²) in [6.07, 6.45) is 28.6. The van der Waals surface area contributed by atoms with E-state index in [1.54, 1.807) is 0 Å². The molecule has 0 saturated heterocycles. The molecule has 0 saturated carbocycles. The van der Waals surface area contributed by atoms with Gasteiger partial charge in [0.2, 0.25) is 0 Å². The Hall–Kier alpha value is -0.330. The van der Waals surface area contributed by atoms with Gasteiger partial charge in [0.05, 0.1) is 0 Å². The Morgan fingerprint density at radius 3 is 1.00 bits per heavy atom. The Kier molecular flexibility index (Phi) is 23.1. The predicted octanol–water partition coefficient (Wildman–Crippen LogP) is 10.4. The highest BCUT2D eigenvalue weighted by molar-refractivity contribution is 5.83. The van der Waals surface area contributed by atoms with Crippen molar-refractivity contribution in [2.45, 2.75) is 169 Å². The number of ketones is 1. The van der Waals surface area contributed by atoms with Gasteiger partial charge in [0.15, 0.2) is 0 Å². The number of unbranched alkanes of at least 4 members (excludes halogenated alkanes) is 14. The van der Waals surface area contributed by atoms with Crippen molar-refractivity contribution in [3.63, 3.8) is 0 Å². The van der Waals surface area contributed by atoms with Crippen molar-refractivity contribution in [1.29, 1.82) is 0 Å². The van der Waals surface area contributed by atoms with Gasteiger partial charge in [-0.25, -0.2) is 0 Å². The van der Waals surface area contributed by atoms with Gasteiger partial charge in [-0.2, -0.15) is 0 Å². The van der Waals surface area contributed by atoms with E-state index in [1.807, 2.05) is 0 Å². The van der Waals surface area contributed by atoms with Gasteiger partial charge in [-0.1, -0.05) is 143 Å². The minimum atomic E-state index is 0.348. The highest BCUT2D eigenvalue weighted by Crippen LogP contribution is 2.27. The third-order valence-corrected chi connectivity index (χ3v) is 6.89. The zero-order valence-corrected chi connectivity index (χ0v) is 21.6. The fourth-order valence-electron chi connectivity index (χ4n) is 4.94. The molecule has 0 fully saturated rings. The van der Waals surface area contributed by atoms with Gasteiger partial charge in [0.25, 0.3) is 0 Å². The minimum Gasteiger partial charge on any atom is -0.299 e. The van der Waals surface area contributed by atoms with Gasteiger partial charge in [0.1, 0.15) is 5.78 Å². The first-order valence-electron chi connectivity index (χ1n) is 14.2. The van der Waals surface area contributed by atoms with Crippen molar-refractivity contribution in [3.05, 3.63) is 0 Å². The van der Waals surface area contributed by atoms with E-state index in [2.05, 4.69) is 27.7 Å². The van der Waals surface area contributed by atoms with Crippen LogP contribution in [0.15, 0.2) is 0 Å². The Bertz CT molecular complexity index is 316. The summed E-state index contributed by atoms with van der Waals surface area (Å²) in [6, 6.07) is 0. The van der Waals surface area contributed by atoms with Crippen LogP contribution in [0.25, 0.3) is 0 Å². The van der Waals surface area contributed by atoms with E-state index >= 15 is 0 Å². The summed E-state index contributed by atoms with van der Waals surface area (Å²) in [6.45, 7) is 9.07. The maximum atomic E-state index is 13.3. The monoisotopic (exact) mass is 422 g/mol. The zero-order valence-electron chi connectivity index (χ0n) is 21.6. The van der Waals surface area contributed by atoms with E-state index in [9.17, 15) is 4.79 Å². The molecule has 0 radical (unpaired) electrons. The van der Waals surface area contributed by atoms with E-state index in [4.69, 9.17) is 0 Å². The van der Waals surface area contributed by atoms with E-state index in [1.165, 1.54) is 103 Å².